The largest absolute Gasteiger partial charge is 0.350 e. The maximum absolute atomic E-state index is 13.0. The number of carbonyl (C=O) groups excluding carboxylic acids is 1. The Morgan fingerprint density at radius 3 is 2.47 bits per heavy atom. The topological polar surface area (TPSA) is 63.2 Å². The first-order valence-corrected chi connectivity index (χ1v) is 8.16. The van der Waals surface area contributed by atoms with Crippen LogP contribution in [0.2, 0.25) is 0 Å². The van der Waals surface area contributed by atoms with Gasteiger partial charge in [0.2, 0.25) is 0 Å². The molecule has 1 aromatic rings. The van der Waals surface area contributed by atoms with E-state index in [1.165, 1.54) is 32.0 Å². The van der Waals surface area contributed by atoms with E-state index < -0.39 is 26.3 Å². The van der Waals surface area contributed by atoms with Gasteiger partial charge in [0.15, 0.2) is 9.84 Å². The molecule has 0 saturated heterocycles. The molecule has 106 valence electrons. The first-order valence-electron chi connectivity index (χ1n) is 5.47. The Hall–Kier alpha value is -0.950. The lowest BCUT2D eigenvalue weighted by Crippen LogP contribution is -2.43. The lowest BCUT2D eigenvalue weighted by Gasteiger charge is -2.22. The van der Waals surface area contributed by atoms with Gasteiger partial charge in [-0.15, -0.1) is 0 Å². The molecule has 1 N–H and O–H groups in total. The van der Waals surface area contributed by atoms with Crippen LogP contribution in [0.3, 0.4) is 0 Å². The van der Waals surface area contributed by atoms with Gasteiger partial charge in [0, 0.05) is 18.4 Å². The second-order valence-electron chi connectivity index (χ2n) is 4.84. The van der Waals surface area contributed by atoms with Crippen molar-refractivity contribution in [2.24, 2.45) is 0 Å². The van der Waals surface area contributed by atoms with E-state index in [4.69, 9.17) is 0 Å². The Balaban J connectivity index is 2.79. The third-order valence-electron chi connectivity index (χ3n) is 2.86. The number of hydrogen-bond acceptors (Lipinski definition) is 3. The summed E-state index contributed by atoms with van der Waals surface area (Å²) in [6.45, 7) is 3.05. The van der Waals surface area contributed by atoms with Gasteiger partial charge in [-0.25, -0.2) is 12.8 Å². The predicted octanol–water partition coefficient (Wildman–Crippen LogP) is 2.14. The van der Waals surface area contributed by atoms with Crippen LogP contribution in [0.1, 0.15) is 24.2 Å². The molecule has 7 heteroatoms. The zero-order valence-electron chi connectivity index (χ0n) is 10.8. The van der Waals surface area contributed by atoms with Crippen LogP contribution in [0.25, 0.3) is 0 Å². The quantitative estimate of drug-likeness (QED) is 0.903. The van der Waals surface area contributed by atoms with Crippen LogP contribution < -0.4 is 5.32 Å². The third-order valence-corrected chi connectivity index (χ3v) is 5.62. The van der Waals surface area contributed by atoms with Gasteiger partial charge in [0.05, 0.1) is 9.22 Å². The van der Waals surface area contributed by atoms with E-state index in [0.29, 0.717) is 0 Å². The molecule has 4 nitrogen and oxygen atoms in total. The first-order chi connectivity index (χ1) is 8.54. The van der Waals surface area contributed by atoms with E-state index in [1.54, 1.807) is 0 Å². The van der Waals surface area contributed by atoms with E-state index in [0.717, 1.165) is 6.26 Å². The maximum Gasteiger partial charge on any atom is 0.251 e. The minimum Gasteiger partial charge on any atom is -0.350 e. The minimum atomic E-state index is -3.28. The van der Waals surface area contributed by atoms with E-state index in [2.05, 4.69) is 21.2 Å². The number of hydrogen-bond donors (Lipinski definition) is 1. The van der Waals surface area contributed by atoms with Gasteiger partial charge in [0.1, 0.15) is 5.82 Å². The van der Waals surface area contributed by atoms with Crippen LogP contribution in [0, 0.1) is 5.82 Å². The molecule has 1 amide bonds. The standard InChI is InChI=1S/C12H15BrFNO3S/c1-12(2,19(3,17)18)7-15-11(16)8-4-5-10(14)9(13)6-8/h4-6H,7H2,1-3H3,(H,15,16). The molecule has 1 rings (SSSR count). The number of benzene rings is 1. The fraction of sp³-hybridized carbons (Fsp3) is 0.417. The summed E-state index contributed by atoms with van der Waals surface area (Å²) in [7, 11) is -3.28. The van der Waals surface area contributed by atoms with Crippen molar-refractivity contribution >= 4 is 31.7 Å². The fourth-order valence-corrected chi connectivity index (χ4v) is 1.88. The molecule has 0 aliphatic carbocycles. The third kappa shape index (κ3) is 4.01. The van der Waals surface area contributed by atoms with Crippen LogP contribution in [0.15, 0.2) is 22.7 Å². The van der Waals surface area contributed by atoms with Crippen LogP contribution in [0.4, 0.5) is 4.39 Å². The summed E-state index contributed by atoms with van der Waals surface area (Å²) in [4.78, 5) is 11.8. The Morgan fingerprint density at radius 2 is 2.00 bits per heavy atom. The molecular formula is C12H15BrFNO3S. The molecule has 0 spiro atoms. The molecule has 1 aromatic carbocycles. The summed E-state index contributed by atoms with van der Waals surface area (Å²) in [6.07, 6.45) is 1.12. The summed E-state index contributed by atoms with van der Waals surface area (Å²) in [5, 5.41) is 2.53. The molecular weight excluding hydrogens is 337 g/mol. The average molecular weight is 352 g/mol. The Morgan fingerprint density at radius 1 is 1.42 bits per heavy atom. The molecule has 0 atom stereocenters. The highest BCUT2D eigenvalue weighted by Gasteiger charge is 2.30. The molecule has 0 radical (unpaired) electrons. The number of amides is 1. The highest BCUT2D eigenvalue weighted by molar-refractivity contribution is 9.10. The van der Waals surface area contributed by atoms with Crippen molar-refractivity contribution in [3.63, 3.8) is 0 Å². The Bertz CT molecular complexity index is 599. The molecule has 0 heterocycles. The summed E-state index contributed by atoms with van der Waals surface area (Å²) in [5.41, 5.74) is 0.262. The minimum absolute atomic E-state index is 0.0142. The molecule has 0 saturated carbocycles. The highest BCUT2D eigenvalue weighted by atomic mass is 79.9. The van der Waals surface area contributed by atoms with Crippen molar-refractivity contribution in [1.29, 1.82) is 0 Å². The number of nitrogens with one attached hydrogen (secondary N) is 1. The van der Waals surface area contributed by atoms with E-state index in [1.807, 2.05) is 0 Å². The molecule has 0 fully saturated rings. The fourth-order valence-electron chi connectivity index (χ4n) is 1.16. The van der Waals surface area contributed by atoms with Gasteiger partial charge in [-0.1, -0.05) is 0 Å². The number of sulfone groups is 1. The molecule has 0 aromatic heterocycles. The average Bonchev–Trinajstić information content (AvgIpc) is 2.28. The van der Waals surface area contributed by atoms with Gasteiger partial charge in [0.25, 0.3) is 5.91 Å². The molecule has 0 aliphatic rings. The van der Waals surface area contributed by atoms with E-state index in [-0.39, 0.29) is 16.6 Å². The summed E-state index contributed by atoms with van der Waals surface area (Å²) >= 11 is 2.99. The van der Waals surface area contributed by atoms with Crippen molar-refractivity contribution in [3.8, 4) is 0 Å². The number of halogens is 2. The Kier molecular flexibility index (Phi) is 4.73. The van der Waals surface area contributed by atoms with Crippen molar-refractivity contribution in [3.05, 3.63) is 34.1 Å². The zero-order chi connectivity index (χ0) is 14.8. The lowest BCUT2D eigenvalue weighted by molar-refractivity contribution is 0.0950. The van der Waals surface area contributed by atoms with Crippen molar-refractivity contribution in [2.75, 3.05) is 12.8 Å². The van der Waals surface area contributed by atoms with Crippen LogP contribution in [-0.2, 0) is 9.84 Å². The van der Waals surface area contributed by atoms with Crippen molar-refractivity contribution < 1.29 is 17.6 Å². The zero-order valence-corrected chi connectivity index (χ0v) is 13.2. The van der Waals surface area contributed by atoms with E-state index >= 15 is 0 Å². The lowest BCUT2D eigenvalue weighted by atomic mass is 10.1. The van der Waals surface area contributed by atoms with Crippen LogP contribution in [0.5, 0.6) is 0 Å². The first kappa shape index (κ1) is 16.1. The smallest absolute Gasteiger partial charge is 0.251 e. The summed E-state index contributed by atoms with van der Waals surface area (Å²) in [6, 6.07) is 3.85. The van der Waals surface area contributed by atoms with E-state index in [9.17, 15) is 17.6 Å². The molecule has 0 aliphatic heterocycles. The van der Waals surface area contributed by atoms with Crippen LogP contribution in [-0.4, -0.2) is 31.9 Å². The van der Waals surface area contributed by atoms with Gasteiger partial charge in [-0.3, -0.25) is 4.79 Å². The molecule has 0 bridgehead atoms. The SMILES string of the molecule is CC(C)(CNC(=O)c1ccc(F)c(Br)c1)S(C)(=O)=O. The number of rotatable bonds is 4. The molecule has 19 heavy (non-hydrogen) atoms. The normalized spacial score (nSPS) is 12.3. The predicted molar refractivity (Wildman–Crippen MR) is 75.4 cm³/mol. The summed E-state index contributed by atoms with van der Waals surface area (Å²) in [5.74, 6) is -0.912. The van der Waals surface area contributed by atoms with Crippen LogP contribution >= 0.6 is 15.9 Å². The van der Waals surface area contributed by atoms with Gasteiger partial charge >= 0.3 is 0 Å². The van der Waals surface area contributed by atoms with Gasteiger partial charge in [-0.2, -0.15) is 0 Å². The number of carbonyl (C=O) groups is 1. The maximum atomic E-state index is 13.0. The second kappa shape index (κ2) is 5.58. The highest BCUT2D eigenvalue weighted by Crippen LogP contribution is 2.17. The van der Waals surface area contributed by atoms with Crippen molar-refractivity contribution in [2.45, 2.75) is 18.6 Å². The van der Waals surface area contributed by atoms with Gasteiger partial charge < -0.3 is 5.32 Å². The Labute approximate surface area is 120 Å². The second-order valence-corrected chi connectivity index (χ2v) is 8.35. The summed E-state index contributed by atoms with van der Waals surface area (Å²) < 4.78 is 35.1. The molecule has 0 unspecified atom stereocenters. The monoisotopic (exact) mass is 351 g/mol. The van der Waals surface area contributed by atoms with Gasteiger partial charge in [-0.05, 0) is 48.0 Å². The van der Waals surface area contributed by atoms with Crippen molar-refractivity contribution in [1.82, 2.24) is 5.32 Å².